The molecule has 0 aromatic carbocycles. The minimum Gasteiger partial charge on any atom is -0.495 e. The van der Waals surface area contributed by atoms with Crippen LogP contribution in [0.3, 0.4) is 0 Å². The summed E-state index contributed by atoms with van der Waals surface area (Å²) in [4.78, 5) is 10.1. The first-order chi connectivity index (χ1) is 6.77. The van der Waals surface area contributed by atoms with Crippen molar-refractivity contribution in [3.05, 3.63) is 18.5 Å². The van der Waals surface area contributed by atoms with Gasteiger partial charge in [-0.3, -0.25) is 9.98 Å². The molecule has 0 unspecified atom stereocenters. The van der Waals surface area contributed by atoms with Gasteiger partial charge in [0, 0.05) is 19.7 Å². The fraction of sp³-hybridized carbons (Fsp3) is 0.400. The highest BCUT2D eigenvalue weighted by molar-refractivity contribution is 5.78. The summed E-state index contributed by atoms with van der Waals surface area (Å²) in [6.45, 7) is 2.77. The molecule has 0 aliphatic heterocycles. The Bertz CT molecular complexity index is 312. The van der Waals surface area contributed by atoms with Crippen molar-refractivity contribution in [3.8, 4) is 5.75 Å². The SMILES string of the molecule is CC/N=C\N(C)c1cncc(OC)c1. The molecule has 4 heteroatoms. The molecule has 1 heterocycles. The summed E-state index contributed by atoms with van der Waals surface area (Å²) in [7, 11) is 3.55. The predicted octanol–water partition coefficient (Wildman–Crippen LogP) is 1.57. The molecule has 76 valence electrons. The molecule has 0 saturated heterocycles. The summed E-state index contributed by atoms with van der Waals surface area (Å²) in [5.74, 6) is 0.749. The molecule has 0 aliphatic carbocycles. The summed E-state index contributed by atoms with van der Waals surface area (Å²) < 4.78 is 5.08. The molecular weight excluding hydrogens is 178 g/mol. The second-order valence-electron chi connectivity index (χ2n) is 2.81. The second kappa shape index (κ2) is 5.21. The van der Waals surface area contributed by atoms with Gasteiger partial charge in [0.2, 0.25) is 0 Å². The van der Waals surface area contributed by atoms with Gasteiger partial charge in [-0.15, -0.1) is 0 Å². The van der Waals surface area contributed by atoms with Gasteiger partial charge in [0.1, 0.15) is 5.75 Å². The average Bonchev–Trinajstić information content (AvgIpc) is 2.26. The number of hydrogen-bond acceptors (Lipinski definition) is 3. The van der Waals surface area contributed by atoms with Gasteiger partial charge in [0.05, 0.1) is 31.5 Å². The van der Waals surface area contributed by atoms with Crippen LogP contribution in [0.2, 0.25) is 0 Å². The van der Waals surface area contributed by atoms with Crippen LogP contribution in [0.15, 0.2) is 23.5 Å². The molecule has 1 aromatic heterocycles. The Morgan fingerprint density at radius 2 is 2.36 bits per heavy atom. The number of aromatic nitrogens is 1. The topological polar surface area (TPSA) is 37.7 Å². The molecule has 0 fully saturated rings. The van der Waals surface area contributed by atoms with Crippen LogP contribution in [0.1, 0.15) is 6.92 Å². The van der Waals surface area contributed by atoms with Crippen molar-refractivity contribution in [2.45, 2.75) is 6.92 Å². The third-order valence-electron chi connectivity index (χ3n) is 1.78. The molecule has 1 aromatic rings. The maximum Gasteiger partial charge on any atom is 0.139 e. The molecule has 0 atom stereocenters. The molecule has 0 N–H and O–H groups in total. The fourth-order valence-electron chi connectivity index (χ4n) is 0.983. The van der Waals surface area contributed by atoms with E-state index in [-0.39, 0.29) is 0 Å². The van der Waals surface area contributed by atoms with Gasteiger partial charge < -0.3 is 9.64 Å². The first-order valence-corrected chi connectivity index (χ1v) is 4.49. The number of pyridine rings is 1. The first kappa shape index (κ1) is 10.5. The minimum absolute atomic E-state index is 0.749. The van der Waals surface area contributed by atoms with Crippen LogP contribution in [0.4, 0.5) is 5.69 Å². The van der Waals surface area contributed by atoms with E-state index in [1.54, 1.807) is 25.8 Å². The second-order valence-corrected chi connectivity index (χ2v) is 2.81. The van der Waals surface area contributed by atoms with Crippen molar-refractivity contribution >= 4 is 12.0 Å². The van der Waals surface area contributed by atoms with Gasteiger partial charge in [-0.1, -0.05) is 0 Å². The highest BCUT2D eigenvalue weighted by atomic mass is 16.5. The van der Waals surface area contributed by atoms with E-state index in [2.05, 4.69) is 9.98 Å². The number of aliphatic imine (C=N–C) groups is 1. The van der Waals surface area contributed by atoms with E-state index in [0.29, 0.717) is 0 Å². The molecule has 0 aliphatic rings. The van der Waals surface area contributed by atoms with Crippen LogP contribution in [0.25, 0.3) is 0 Å². The molecule has 0 saturated carbocycles. The zero-order valence-corrected chi connectivity index (χ0v) is 8.77. The van der Waals surface area contributed by atoms with Crippen molar-refractivity contribution in [3.63, 3.8) is 0 Å². The van der Waals surface area contributed by atoms with E-state index in [9.17, 15) is 0 Å². The summed E-state index contributed by atoms with van der Waals surface area (Å²) >= 11 is 0. The number of nitrogens with zero attached hydrogens (tertiary/aromatic N) is 3. The predicted molar refractivity (Wildman–Crippen MR) is 58.2 cm³/mol. The summed E-state index contributed by atoms with van der Waals surface area (Å²) in [5, 5.41) is 0. The molecule has 4 nitrogen and oxygen atoms in total. The highest BCUT2D eigenvalue weighted by Gasteiger charge is 1.99. The van der Waals surface area contributed by atoms with Gasteiger partial charge in [0.25, 0.3) is 0 Å². The minimum atomic E-state index is 0.749. The normalized spacial score (nSPS) is 10.5. The number of methoxy groups -OCH3 is 1. The van der Waals surface area contributed by atoms with Crippen molar-refractivity contribution in [1.29, 1.82) is 0 Å². The van der Waals surface area contributed by atoms with E-state index >= 15 is 0 Å². The number of rotatable bonds is 4. The third-order valence-corrected chi connectivity index (χ3v) is 1.78. The summed E-state index contributed by atoms with van der Waals surface area (Å²) in [5.41, 5.74) is 0.960. The largest absolute Gasteiger partial charge is 0.495 e. The smallest absolute Gasteiger partial charge is 0.139 e. The van der Waals surface area contributed by atoms with Crippen molar-refractivity contribution < 1.29 is 4.74 Å². The van der Waals surface area contributed by atoms with Crippen LogP contribution in [-0.4, -0.2) is 32.0 Å². The molecular formula is C10H15N3O. The van der Waals surface area contributed by atoms with E-state index in [1.807, 2.05) is 24.9 Å². The van der Waals surface area contributed by atoms with Crippen LogP contribution >= 0.6 is 0 Å². The average molecular weight is 193 g/mol. The lowest BCUT2D eigenvalue weighted by molar-refractivity contribution is 0.413. The Morgan fingerprint density at radius 3 is 3.00 bits per heavy atom. The Morgan fingerprint density at radius 1 is 1.57 bits per heavy atom. The molecule has 0 bridgehead atoms. The third kappa shape index (κ3) is 2.73. The van der Waals surface area contributed by atoms with Gasteiger partial charge in [0.15, 0.2) is 0 Å². The number of anilines is 1. The Hall–Kier alpha value is -1.58. The Balaban J connectivity index is 2.78. The van der Waals surface area contributed by atoms with Crippen LogP contribution in [0.5, 0.6) is 5.75 Å². The van der Waals surface area contributed by atoms with Crippen molar-refractivity contribution in [1.82, 2.24) is 4.98 Å². The first-order valence-electron chi connectivity index (χ1n) is 4.49. The number of hydrogen-bond donors (Lipinski definition) is 0. The van der Waals surface area contributed by atoms with E-state index in [0.717, 1.165) is 18.0 Å². The maximum atomic E-state index is 5.08. The molecule has 0 amide bonds. The summed E-state index contributed by atoms with van der Waals surface area (Å²) in [6, 6.07) is 1.91. The lowest BCUT2D eigenvalue weighted by atomic mass is 10.4. The monoisotopic (exact) mass is 193 g/mol. The van der Waals surface area contributed by atoms with Crippen LogP contribution < -0.4 is 9.64 Å². The number of ether oxygens (including phenoxy) is 1. The van der Waals surface area contributed by atoms with E-state index in [1.165, 1.54) is 0 Å². The van der Waals surface area contributed by atoms with Gasteiger partial charge in [-0.25, -0.2) is 0 Å². The van der Waals surface area contributed by atoms with Gasteiger partial charge in [-0.2, -0.15) is 0 Å². The van der Waals surface area contributed by atoms with Gasteiger partial charge >= 0.3 is 0 Å². The maximum absolute atomic E-state index is 5.08. The quantitative estimate of drug-likeness (QED) is 0.538. The molecule has 1 rings (SSSR count). The molecule has 0 spiro atoms. The lowest BCUT2D eigenvalue weighted by Crippen LogP contribution is -2.14. The Labute approximate surface area is 84.2 Å². The lowest BCUT2D eigenvalue weighted by Gasteiger charge is -2.13. The Kier molecular flexibility index (Phi) is 3.91. The zero-order valence-electron chi connectivity index (χ0n) is 8.77. The summed E-state index contributed by atoms with van der Waals surface area (Å²) in [6.07, 6.45) is 5.22. The molecule has 0 radical (unpaired) electrons. The van der Waals surface area contributed by atoms with Crippen molar-refractivity contribution in [2.75, 3.05) is 25.6 Å². The van der Waals surface area contributed by atoms with Crippen LogP contribution in [-0.2, 0) is 0 Å². The zero-order chi connectivity index (χ0) is 10.4. The van der Waals surface area contributed by atoms with Crippen LogP contribution in [0, 0.1) is 0 Å². The van der Waals surface area contributed by atoms with E-state index < -0.39 is 0 Å². The standard InChI is InChI=1S/C10H15N3O/c1-4-11-8-13(2)9-5-10(14-3)7-12-6-9/h5-8H,4H2,1-3H3/b11-8-. The molecule has 14 heavy (non-hydrogen) atoms. The fourth-order valence-corrected chi connectivity index (χ4v) is 0.983. The van der Waals surface area contributed by atoms with E-state index in [4.69, 9.17) is 4.74 Å². The highest BCUT2D eigenvalue weighted by Crippen LogP contribution is 2.16. The van der Waals surface area contributed by atoms with Crippen molar-refractivity contribution in [2.24, 2.45) is 4.99 Å². The van der Waals surface area contributed by atoms with Gasteiger partial charge in [-0.05, 0) is 6.92 Å².